The summed E-state index contributed by atoms with van der Waals surface area (Å²) < 4.78 is 38.4. The van der Waals surface area contributed by atoms with Gasteiger partial charge in [0.1, 0.15) is 5.52 Å². The van der Waals surface area contributed by atoms with Gasteiger partial charge >= 0.3 is 5.91 Å². The number of carbonyl (C=O) groups is 1. The molecule has 1 aliphatic carbocycles. The quantitative estimate of drug-likeness (QED) is 0.778. The molecule has 2 aromatic rings. The topological polar surface area (TPSA) is 93.0 Å². The molecule has 1 amide bonds. The van der Waals surface area contributed by atoms with E-state index in [-0.39, 0.29) is 35.6 Å². The number of hydrogen-bond acceptors (Lipinski definition) is 6. The summed E-state index contributed by atoms with van der Waals surface area (Å²) in [7, 11) is -3.29. The summed E-state index contributed by atoms with van der Waals surface area (Å²) in [5.74, 6) is -0.322. The van der Waals surface area contributed by atoms with E-state index in [1.165, 1.54) is 0 Å². The van der Waals surface area contributed by atoms with Gasteiger partial charge in [0.25, 0.3) is 5.89 Å². The Morgan fingerprint density at radius 2 is 1.93 bits per heavy atom. The number of rotatable bonds is 3. The Labute approximate surface area is 157 Å². The number of amides is 1. The molecule has 0 spiro atoms. The first kappa shape index (κ1) is 17.2. The highest BCUT2D eigenvalue weighted by Crippen LogP contribution is 2.33. The van der Waals surface area contributed by atoms with E-state index in [1.54, 1.807) is 21.3 Å². The second-order valence-corrected chi connectivity index (χ2v) is 9.78. The minimum atomic E-state index is -3.29. The Balaban J connectivity index is 1.45. The zero-order valence-corrected chi connectivity index (χ0v) is 15.6. The fourth-order valence-electron chi connectivity index (χ4n) is 3.92. The van der Waals surface area contributed by atoms with Crippen LogP contribution in [0.3, 0.4) is 0 Å². The third-order valence-electron chi connectivity index (χ3n) is 5.48. The number of nitrogens with zero attached hydrogens (tertiary/aromatic N) is 3. The van der Waals surface area contributed by atoms with Gasteiger partial charge < -0.3 is 14.1 Å². The van der Waals surface area contributed by atoms with E-state index in [2.05, 4.69) is 4.98 Å². The van der Waals surface area contributed by atoms with Crippen LogP contribution in [0.2, 0.25) is 0 Å². The number of sulfonamides is 1. The summed E-state index contributed by atoms with van der Waals surface area (Å²) in [6.07, 6.45) is 1.46. The maximum Gasteiger partial charge on any atom is 0.310 e. The van der Waals surface area contributed by atoms with E-state index in [1.807, 2.05) is 12.1 Å². The van der Waals surface area contributed by atoms with Crippen LogP contribution in [0.5, 0.6) is 0 Å². The maximum atomic E-state index is 13.1. The van der Waals surface area contributed by atoms with Crippen molar-refractivity contribution in [3.05, 3.63) is 30.2 Å². The molecule has 2 atom stereocenters. The van der Waals surface area contributed by atoms with Gasteiger partial charge in [0.15, 0.2) is 5.58 Å². The highest BCUT2D eigenvalue weighted by atomic mass is 32.2. The highest BCUT2D eigenvalue weighted by molar-refractivity contribution is 7.90. The second kappa shape index (κ2) is 6.29. The van der Waals surface area contributed by atoms with Gasteiger partial charge in [0.05, 0.1) is 24.5 Å². The van der Waals surface area contributed by atoms with Gasteiger partial charge in [-0.3, -0.25) is 4.79 Å². The third kappa shape index (κ3) is 3.03. The predicted molar refractivity (Wildman–Crippen MR) is 96.7 cm³/mol. The molecular formula is C18H21N3O5S. The summed E-state index contributed by atoms with van der Waals surface area (Å²) in [5.41, 5.74) is 1.20. The molecule has 2 bridgehead atoms. The molecular weight excluding hydrogens is 370 g/mol. The van der Waals surface area contributed by atoms with E-state index in [0.29, 0.717) is 37.4 Å². The van der Waals surface area contributed by atoms with E-state index < -0.39 is 10.0 Å². The number of oxazole rings is 1. The van der Waals surface area contributed by atoms with Crippen LogP contribution in [0, 0.1) is 5.92 Å². The van der Waals surface area contributed by atoms with Crippen LogP contribution >= 0.6 is 0 Å². The van der Waals surface area contributed by atoms with Crippen molar-refractivity contribution in [1.29, 1.82) is 0 Å². The number of fused-ring (bicyclic) bond motifs is 4. The van der Waals surface area contributed by atoms with E-state index in [9.17, 15) is 13.2 Å². The van der Waals surface area contributed by atoms with Crippen molar-refractivity contribution >= 4 is 27.0 Å². The van der Waals surface area contributed by atoms with Gasteiger partial charge in [-0.15, -0.1) is 0 Å². The fourth-order valence-corrected chi connectivity index (χ4v) is 5.87. The van der Waals surface area contributed by atoms with Gasteiger partial charge in [-0.2, -0.15) is 4.31 Å². The number of ether oxygens (including phenoxy) is 1. The molecule has 0 radical (unpaired) electrons. The van der Waals surface area contributed by atoms with Gasteiger partial charge in [0, 0.05) is 25.6 Å². The molecule has 0 N–H and O–H groups in total. The molecule has 5 rings (SSSR count). The maximum absolute atomic E-state index is 13.1. The van der Waals surface area contributed by atoms with Crippen molar-refractivity contribution in [2.24, 2.45) is 5.92 Å². The first-order valence-electron chi connectivity index (χ1n) is 9.25. The predicted octanol–water partition coefficient (Wildman–Crippen LogP) is 1.09. The summed E-state index contributed by atoms with van der Waals surface area (Å²) in [4.78, 5) is 19.1. The monoisotopic (exact) mass is 391 g/mol. The number of hydrogen-bond donors (Lipinski definition) is 0. The Morgan fingerprint density at radius 3 is 2.70 bits per heavy atom. The van der Waals surface area contributed by atoms with Gasteiger partial charge in [-0.1, -0.05) is 12.1 Å². The molecule has 9 heteroatoms. The summed E-state index contributed by atoms with van der Waals surface area (Å²) in [5, 5.41) is -0.251. The average Bonchev–Trinajstić information content (AvgIpc) is 3.44. The van der Waals surface area contributed by atoms with Crippen LogP contribution in [-0.4, -0.2) is 72.7 Å². The van der Waals surface area contributed by atoms with Crippen molar-refractivity contribution in [2.75, 3.05) is 32.8 Å². The Kier molecular flexibility index (Phi) is 3.99. The standard InChI is InChI=1S/C18H21N3O5S/c22-18(17-19-15-3-1-2-4-16(15)26-17)21-8-12-7-20(9-13(21)11-25-10-12)27(23,24)14-5-6-14/h1-4,12-14H,5-11H2/t12-,13-/m0/s1. The summed E-state index contributed by atoms with van der Waals surface area (Å²) >= 11 is 0. The Morgan fingerprint density at radius 1 is 1.11 bits per heavy atom. The number of para-hydroxylation sites is 2. The van der Waals surface area contributed by atoms with Crippen LogP contribution in [0.25, 0.3) is 11.1 Å². The first-order chi connectivity index (χ1) is 13.0. The molecule has 2 aliphatic heterocycles. The average molecular weight is 391 g/mol. The molecule has 1 aromatic carbocycles. The number of aromatic nitrogens is 1. The normalized spacial score (nSPS) is 26.9. The van der Waals surface area contributed by atoms with E-state index >= 15 is 0 Å². The van der Waals surface area contributed by atoms with Crippen LogP contribution in [0.15, 0.2) is 28.7 Å². The zero-order valence-electron chi connectivity index (χ0n) is 14.8. The van der Waals surface area contributed by atoms with Crippen molar-refractivity contribution in [2.45, 2.75) is 24.1 Å². The minimum absolute atomic E-state index is 0.0420. The van der Waals surface area contributed by atoms with E-state index in [0.717, 1.165) is 12.8 Å². The lowest BCUT2D eigenvalue weighted by Gasteiger charge is -2.30. The number of benzene rings is 1. The molecule has 3 fully saturated rings. The SMILES string of the molecule is O=C(c1nc2ccccc2o1)N1C[C@H]2COC[C@@H]1CN(S(=O)(=O)C1CC1)C2. The molecule has 27 heavy (non-hydrogen) atoms. The smallest absolute Gasteiger partial charge is 0.310 e. The highest BCUT2D eigenvalue weighted by Gasteiger charge is 2.45. The molecule has 0 unspecified atom stereocenters. The molecule has 2 saturated heterocycles. The molecule has 3 heterocycles. The lowest BCUT2D eigenvalue weighted by Crippen LogP contribution is -2.48. The largest absolute Gasteiger partial charge is 0.432 e. The second-order valence-electron chi connectivity index (χ2n) is 7.56. The van der Waals surface area contributed by atoms with Crippen molar-refractivity contribution in [3.63, 3.8) is 0 Å². The minimum Gasteiger partial charge on any atom is -0.432 e. The molecule has 1 saturated carbocycles. The van der Waals surface area contributed by atoms with Crippen LogP contribution in [0.1, 0.15) is 23.5 Å². The zero-order chi connectivity index (χ0) is 18.6. The van der Waals surface area contributed by atoms with E-state index in [4.69, 9.17) is 9.15 Å². The molecule has 1 aromatic heterocycles. The lowest BCUT2D eigenvalue weighted by molar-refractivity contribution is 0.0516. The third-order valence-corrected chi connectivity index (χ3v) is 7.81. The summed E-state index contributed by atoms with van der Waals surface area (Å²) in [6.45, 7) is 1.87. The van der Waals surface area contributed by atoms with Crippen LogP contribution < -0.4 is 0 Å². The lowest BCUT2D eigenvalue weighted by atomic mass is 10.1. The first-order valence-corrected chi connectivity index (χ1v) is 10.8. The molecule has 8 nitrogen and oxygen atoms in total. The van der Waals surface area contributed by atoms with Crippen molar-refractivity contribution < 1.29 is 22.4 Å². The van der Waals surface area contributed by atoms with Crippen LogP contribution in [-0.2, 0) is 14.8 Å². The Bertz CT molecular complexity index is 951. The van der Waals surface area contributed by atoms with Gasteiger partial charge in [0.2, 0.25) is 10.0 Å². The Hall–Kier alpha value is -1.97. The van der Waals surface area contributed by atoms with Crippen molar-refractivity contribution in [3.8, 4) is 0 Å². The summed E-state index contributed by atoms with van der Waals surface area (Å²) in [6, 6.07) is 6.89. The van der Waals surface area contributed by atoms with Gasteiger partial charge in [-0.05, 0) is 25.0 Å². The van der Waals surface area contributed by atoms with Crippen LogP contribution in [0.4, 0.5) is 0 Å². The van der Waals surface area contributed by atoms with Gasteiger partial charge in [-0.25, -0.2) is 13.4 Å². The fraction of sp³-hybridized carbons (Fsp3) is 0.556. The molecule has 3 aliphatic rings. The number of carbonyl (C=O) groups excluding carboxylic acids is 1. The van der Waals surface area contributed by atoms with Crippen molar-refractivity contribution in [1.82, 2.24) is 14.2 Å². The molecule has 144 valence electrons.